The molecular formula is C28H24ClF2NO4S. The third-order valence-electron chi connectivity index (χ3n) is 6.19. The first-order valence-electron chi connectivity index (χ1n) is 11.8. The Bertz CT molecular complexity index is 1430. The number of carbonyl (C=O) groups excluding carboxylic acids is 1. The van der Waals surface area contributed by atoms with Crippen molar-refractivity contribution in [3.63, 3.8) is 0 Å². The zero-order valence-electron chi connectivity index (χ0n) is 20.0. The Balaban J connectivity index is 1.39. The minimum absolute atomic E-state index is 0.0227. The van der Waals surface area contributed by atoms with Gasteiger partial charge >= 0.3 is 0 Å². The SMILES string of the molecule is Cc1cc(F)cc(Cl)c1C(=O)c1sc2cc(O)ccc2c1Oc1ccc(OC2CN(CCCF)C2)cc1. The molecule has 0 unspecified atom stereocenters. The first-order valence-corrected chi connectivity index (χ1v) is 13.0. The summed E-state index contributed by atoms with van der Waals surface area (Å²) in [5.74, 6) is 0.674. The van der Waals surface area contributed by atoms with Gasteiger partial charge in [-0.2, -0.15) is 0 Å². The molecule has 2 heterocycles. The van der Waals surface area contributed by atoms with Gasteiger partial charge < -0.3 is 14.6 Å². The minimum Gasteiger partial charge on any atom is -0.508 e. The Morgan fingerprint density at radius 1 is 1.14 bits per heavy atom. The highest BCUT2D eigenvalue weighted by Crippen LogP contribution is 2.43. The average molecular weight is 544 g/mol. The Morgan fingerprint density at radius 3 is 2.57 bits per heavy atom. The van der Waals surface area contributed by atoms with E-state index < -0.39 is 5.82 Å². The van der Waals surface area contributed by atoms with Crippen LogP contribution in [0.4, 0.5) is 8.78 Å². The predicted molar refractivity (Wildman–Crippen MR) is 141 cm³/mol. The standard InChI is InChI=1S/C28H24ClF2NO4S/c1-16-11-17(31)12-23(29)25(16)26(34)28-27(22-8-3-18(33)13-24(22)37-28)36-20-6-4-19(5-7-20)35-21-14-32(15-21)10-2-9-30/h3-8,11-13,21,33H,2,9-10,14-15H2,1H3. The predicted octanol–water partition coefficient (Wildman–Crippen LogP) is 7.15. The molecule has 5 rings (SSSR count). The third-order valence-corrected chi connectivity index (χ3v) is 7.62. The summed E-state index contributed by atoms with van der Waals surface area (Å²) in [5, 5.41) is 10.6. The molecule has 0 saturated carbocycles. The fourth-order valence-electron chi connectivity index (χ4n) is 4.38. The Labute approximate surface area is 221 Å². The lowest BCUT2D eigenvalue weighted by atomic mass is 10.0. The third kappa shape index (κ3) is 5.42. The number of benzene rings is 3. The summed E-state index contributed by atoms with van der Waals surface area (Å²) in [5.41, 5.74) is 0.621. The van der Waals surface area contributed by atoms with Gasteiger partial charge in [-0.3, -0.25) is 14.1 Å². The van der Waals surface area contributed by atoms with Crippen molar-refractivity contribution >= 4 is 38.8 Å². The number of phenols is 1. The second-order valence-electron chi connectivity index (χ2n) is 8.96. The molecule has 1 aromatic heterocycles. The largest absolute Gasteiger partial charge is 0.508 e. The van der Waals surface area contributed by atoms with E-state index in [1.807, 2.05) is 0 Å². The summed E-state index contributed by atoms with van der Waals surface area (Å²) in [6.45, 7) is 3.59. The number of aryl methyl sites for hydroxylation is 1. The van der Waals surface area contributed by atoms with Gasteiger partial charge in [0, 0.05) is 35.3 Å². The molecule has 1 saturated heterocycles. The molecule has 37 heavy (non-hydrogen) atoms. The Kier molecular flexibility index (Phi) is 7.33. The number of likely N-dealkylation sites (tertiary alicyclic amines) is 1. The number of hydrogen-bond donors (Lipinski definition) is 1. The van der Waals surface area contributed by atoms with Crippen LogP contribution in [0.3, 0.4) is 0 Å². The molecule has 9 heteroatoms. The number of alkyl halides is 1. The van der Waals surface area contributed by atoms with Crippen LogP contribution in [0.15, 0.2) is 54.6 Å². The zero-order valence-corrected chi connectivity index (χ0v) is 21.5. The van der Waals surface area contributed by atoms with Crippen LogP contribution in [0.25, 0.3) is 10.1 Å². The molecule has 0 atom stereocenters. The topological polar surface area (TPSA) is 59.0 Å². The number of ether oxygens (including phenoxy) is 2. The molecule has 1 aliphatic heterocycles. The Hall–Kier alpha value is -3.20. The van der Waals surface area contributed by atoms with E-state index in [9.17, 15) is 18.7 Å². The lowest BCUT2D eigenvalue weighted by molar-refractivity contribution is 0.0184. The van der Waals surface area contributed by atoms with E-state index in [0.717, 1.165) is 25.7 Å². The quantitative estimate of drug-likeness (QED) is 0.227. The number of phenolic OH excluding ortho intramolecular Hbond substituents is 1. The lowest BCUT2D eigenvalue weighted by Crippen LogP contribution is -2.53. The molecule has 4 aromatic rings. The van der Waals surface area contributed by atoms with Crippen LogP contribution < -0.4 is 9.47 Å². The number of rotatable bonds is 9. The van der Waals surface area contributed by atoms with Crippen molar-refractivity contribution in [1.29, 1.82) is 0 Å². The number of halogens is 3. The fourth-order valence-corrected chi connectivity index (χ4v) is 5.82. The molecule has 0 bridgehead atoms. The van der Waals surface area contributed by atoms with Crippen molar-refractivity contribution < 1.29 is 28.2 Å². The van der Waals surface area contributed by atoms with Crippen LogP contribution in [0.5, 0.6) is 23.0 Å². The van der Waals surface area contributed by atoms with Gasteiger partial charge in [0.2, 0.25) is 5.78 Å². The van der Waals surface area contributed by atoms with Gasteiger partial charge in [-0.05, 0) is 73.5 Å². The molecule has 1 aliphatic rings. The number of nitrogens with zero attached hydrogens (tertiary/aromatic N) is 1. The number of thiophene rings is 1. The molecule has 0 radical (unpaired) electrons. The highest BCUT2D eigenvalue weighted by molar-refractivity contribution is 7.21. The summed E-state index contributed by atoms with van der Waals surface area (Å²) in [4.78, 5) is 16.0. The monoisotopic (exact) mass is 543 g/mol. The molecule has 0 spiro atoms. The zero-order chi connectivity index (χ0) is 26.1. The molecule has 192 valence electrons. The van der Waals surface area contributed by atoms with Crippen molar-refractivity contribution in [2.45, 2.75) is 19.4 Å². The first kappa shape index (κ1) is 25.4. The van der Waals surface area contributed by atoms with E-state index in [4.69, 9.17) is 21.1 Å². The van der Waals surface area contributed by atoms with E-state index in [1.54, 1.807) is 43.3 Å². The lowest BCUT2D eigenvalue weighted by Gasteiger charge is -2.38. The van der Waals surface area contributed by atoms with Gasteiger partial charge in [-0.25, -0.2) is 4.39 Å². The molecule has 0 aliphatic carbocycles. The summed E-state index contributed by atoms with van der Waals surface area (Å²) in [7, 11) is 0. The molecular weight excluding hydrogens is 520 g/mol. The summed E-state index contributed by atoms with van der Waals surface area (Å²) in [6, 6.07) is 14.3. The van der Waals surface area contributed by atoms with Gasteiger partial charge in [-0.15, -0.1) is 11.3 Å². The normalized spacial score (nSPS) is 14.1. The van der Waals surface area contributed by atoms with Gasteiger partial charge in [0.1, 0.15) is 34.0 Å². The molecule has 1 N–H and O–H groups in total. The van der Waals surface area contributed by atoms with E-state index >= 15 is 0 Å². The second-order valence-corrected chi connectivity index (χ2v) is 10.4. The maximum absolute atomic E-state index is 13.8. The van der Waals surface area contributed by atoms with Crippen LogP contribution in [-0.4, -0.2) is 48.2 Å². The molecule has 5 nitrogen and oxygen atoms in total. The first-order chi connectivity index (χ1) is 17.8. The van der Waals surface area contributed by atoms with Crippen molar-refractivity contribution in [2.75, 3.05) is 26.3 Å². The summed E-state index contributed by atoms with van der Waals surface area (Å²) >= 11 is 7.42. The van der Waals surface area contributed by atoms with Crippen molar-refractivity contribution in [2.24, 2.45) is 0 Å². The molecule has 3 aromatic carbocycles. The average Bonchev–Trinajstić information content (AvgIpc) is 3.18. The van der Waals surface area contributed by atoms with Crippen LogP contribution in [0.2, 0.25) is 5.02 Å². The summed E-state index contributed by atoms with van der Waals surface area (Å²) in [6.07, 6.45) is 0.598. The highest BCUT2D eigenvalue weighted by atomic mass is 35.5. The van der Waals surface area contributed by atoms with E-state index in [0.29, 0.717) is 44.2 Å². The smallest absolute Gasteiger partial charge is 0.208 e. The van der Waals surface area contributed by atoms with E-state index in [1.165, 1.54) is 23.5 Å². The Morgan fingerprint density at radius 2 is 1.86 bits per heavy atom. The van der Waals surface area contributed by atoms with Gasteiger partial charge in [0.05, 0.1) is 11.7 Å². The maximum atomic E-state index is 13.8. The van der Waals surface area contributed by atoms with Crippen molar-refractivity contribution in [3.05, 3.63) is 81.4 Å². The second kappa shape index (κ2) is 10.7. The summed E-state index contributed by atoms with van der Waals surface area (Å²) < 4.78 is 38.9. The van der Waals surface area contributed by atoms with Crippen LogP contribution in [-0.2, 0) is 0 Å². The fraction of sp³-hybridized carbons (Fsp3) is 0.250. The molecule has 1 fully saturated rings. The number of carbonyl (C=O) groups is 1. The maximum Gasteiger partial charge on any atom is 0.208 e. The number of aromatic hydroxyl groups is 1. The van der Waals surface area contributed by atoms with Crippen molar-refractivity contribution in [1.82, 2.24) is 4.90 Å². The van der Waals surface area contributed by atoms with E-state index in [-0.39, 0.29) is 34.9 Å². The van der Waals surface area contributed by atoms with Gasteiger partial charge in [0.15, 0.2) is 5.75 Å². The molecule has 0 amide bonds. The number of ketones is 1. The number of hydrogen-bond acceptors (Lipinski definition) is 6. The van der Waals surface area contributed by atoms with Gasteiger partial charge in [0.25, 0.3) is 0 Å². The van der Waals surface area contributed by atoms with Crippen LogP contribution in [0, 0.1) is 12.7 Å². The van der Waals surface area contributed by atoms with Crippen LogP contribution >= 0.6 is 22.9 Å². The van der Waals surface area contributed by atoms with Crippen LogP contribution in [0.1, 0.15) is 27.2 Å². The highest BCUT2D eigenvalue weighted by Gasteiger charge is 2.28. The number of fused-ring (bicyclic) bond motifs is 1. The minimum atomic E-state index is -0.520. The van der Waals surface area contributed by atoms with Gasteiger partial charge in [-0.1, -0.05) is 11.6 Å². The van der Waals surface area contributed by atoms with E-state index in [2.05, 4.69) is 4.90 Å². The van der Waals surface area contributed by atoms with Crippen molar-refractivity contribution in [3.8, 4) is 23.0 Å².